The van der Waals surface area contributed by atoms with Gasteiger partial charge in [0.15, 0.2) is 8.32 Å². The Bertz CT molecular complexity index is 333. The number of nitrogens with zero attached hydrogens (tertiary/aromatic N) is 1. The van der Waals surface area contributed by atoms with Gasteiger partial charge in [-0.25, -0.2) is 4.79 Å². The van der Waals surface area contributed by atoms with Crippen molar-refractivity contribution in [1.29, 1.82) is 0 Å². The lowest BCUT2D eigenvalue weighted by molar-refractivity contribution is 0.0188. The Morgan fingerprint density at radius 3 is 2.32 bits per heavy atom. The van der Waals surface area contributed by atoms with Gasteiger partial charge in [0.1, 0.15) is 5.60 Å². The van der Waals surface area contributed by atoms with Crippen LogP contribution in [0.5, 0.6) is 0 Å². The largest absolute Gasteiger partial charge is 0.444 e. The summed E-state index contributed by atoms with van der Waals surface area (Å²) in [5, 5.41) is 0. The Morgan fingerprint density at radius 1 is 1.32 bits per heavy atom. The first-order valence-electron chi connectivity index (χ1n) is 7.14. The van der Waals surface area contributed by atoms with Gasteiger partial charge in [-0.2, -0.15) is 0 Å². The molecule has 112 valence electrons. The van der Waals surface area contributed by atoms with Crippen LogP contribution < -0.4 is 0 Å². The van der Waals surface area contributed by atoms with Crippen molar-refractivity contribution in [3.8, 4) is 0 Å². The molecule has 19 heavy (non-hydrogen) atoms. The number of carbonyl (C=O) groups is 1. The van der Waals surface area contributed by atoms with Crippen LogP contribution in [0.3, 0.4) is 0 Å². The zero-order chi connectivity index (χ0) is 14.9. The fraction of sp³-hybridized carbons (Fsp3) is 0.929. The number of likely N-dealkylation sites (tertiary alicyclic amines) is 1. The van der Waals surface area contributed by atoms with E-state index in [0.29, 0.717) is 6.54 Å². The van der Waals surface area contributed by atoms with E-state index in [0.717, 1.165) is 19.4 Å². The first-order valence-corrected chi connectivity index (χ1v) is 10.6. The Kier molecular flexibility index (Phi) is 4.73. The van der Waals surface area contributed by atoms with Crippen molar-refractivity contribution in [3.05, 3.63) is 0 Å². The lowest BCUT2D eigenvalue weighted by atomic mass is 10.0. The van der Waals surface area contributed by atoms with E-state index in [9.17, 15) is 4.79 Å². The molecule has 1 aliphatic heterocycles. The van der Waals surface area contributed by atoms with Crippen LogP contribution in [0.15, 0.2) is 0 Å². The summed E-state index contributed by atoms with van der Waals surface area (Å²) in [6.07, 6.45) is 1.63. The van der Waals surface area contributed by atoms with E-state index in [1.165, 1.54) is 0 Å². The highest BCUT2D eigenvalue weighted by atomic mass is 28.4. The molecule has 0 aliphatic carbocycles. The summed E-state index contributed by atoms with van der Waals surface area (Å²) in [6, 6.07) is 0. The lowest BCUT2D eigenvalue weighted by Gasteiger charge is -2.35. The highest BCUT2D eigenvalue weighted by molar-refractivity contribution is 6.69. The van der Waals surface area contributed by atoms with Crippen LogP contribution in [0, 0.1) is 0 Å². The van der Waals surface area contributed by atoms with Gasteiger partial charge >= 0.3 is 6.09 Å². The molecule has 1 saturated heterocycles. The average molecular weight is 287 g/mol. The summed E-state index contributed by atoms with van der Waals surface area (Å²) < 4.78 is 11.8. The molecule has 0 aromatic carbocycles. The molecular formula is C14H29NO3Si. The monoisotopic (exact) mass is 287 g/mol. The smallest absolute Gasteiger partial charge is 0.410 e. The SMILES string of the molecule is CCC1(O[Si](C)(C)C)CCN(C(=O)OC(C)(C)C)C1. The first-order chi connectivity index (χ1) is 8.46. The van der Waals surface area contributed by atoms with Crippen molar-refractivity contribution in [2.45, 2.75) is 71.4 Å². The van der Waals surface area contributed by atoms with Gasteiger partial charge in [-0.05, 0) is 53.3 Å². The van der Waals surface area contributed by atoms with Crippen molar-refractivity contribution in [2.24, 2.45) is 0 Å². The third-order valence-electron chi connectivity index (χ3n) is 3.14. The maximum absolute atomic E-state index is 12.1. The minimum Gasteiger partial charge on any atom is -0.444 e. The molecule has 1 fully saturated rings. The molecule has 1 unspecified atom stereocenters. The molecule has 0 radical (unpaired) electrons. The Balaban J connectivity index is 2.67. The van der Waals surface area contributed by atoms with Crippen molar-refractivity contribution in [1.82, 2.24) is 4.90 Å². The minimum absolute atomic E-state index is 0.165. The van der Waals surface area contributed by atoms with Gasteiger partial charge in [-0.1, -0.05) is 6.92 Å². The molecule has 4 nitrogen and oxygen atoms in total. The highest BCUT2D eigenvalue weighted by Crippen LogP contribution is 2.32. The molecule has 0 saturated carbocycles. The van der Waals surface area contributed by atoms with Gasteiger partial charge in [0, 0.05) is 6.54 Å². The first kappa shape index (κ1) is 16.5. The third-order valence-corrected chi connectivity index (χ3v) is 4.18. The molecule has 1 amide bonds. The zero-order valence-electron chi connectivity index (χ0n) is 13.5. The van der Waals surface area contributed by atoms with Gasteiger partial charge in [-0.3, -0.25) is 0 Å². The Hall–Kier alpha value is -0.553. The number of ether oxygens (including phenoxy) is 1. The summed E-state index contributed by atoms with van der Waals surface area (Å²) in [6.45, 7) is 15.8. The Morgan fingerprint density at radius 2 is 1.89 bits per heavy atom. The number of rotatable bonds is 3. The van der Waals surface area contributed by atoms with E-state index >= 15 is 0 Å². The molecule has 1 aliphatic rings. The quantitative estimate of drug-likeness (QED) is 0.744. The molecule has 0 aromatic heterocycles. The minimum atomic E-state index is -1.61. The van der Waals surface area contributed by atoms with Gasteiger partial charge in [0.25, 0.3) is 0 Å². The molecule has 0 N–H and O–H groups in total. The van der Waals surface area contributed by atoms with Crippen LogP contribution in [0.4, 0.5) is 4.79 Å². The van der Waals surface area contributed by atoms with Gasteiger partial charge < -0.3 is 14.1 Å². The maximum atomic E-state index is 12.1. The summed E-state index contributed by atoms with van der Waals surface area (Å²) >= 11 is 0. The van der Waals surface area contributed by atoms with Crippen LogP contribution in [-0.2, 0) is 9.16 Å². The number of carbonyl (C=O) groups excluding carboxylic acids is 1. The topological polar surface area (TPSA) is 38.8 Å². The van der Waals surface area contributed by atoms with Crippen molar-refractivity contribution >= 4 is 14.4 Å². The van der Waals surface area contributed by atoms with Crippen LogP contribution in [0.1, 0.15) is 40.5 Å². The van der Waals surface area contributed by atoms with E-state index < -0.39 is 13.9 Å². The van der Waals surface area contributed by atoms with Crippen molar-refractivity contribution in [2.75, 3.05) is 13.1 Å². The summed E-state index contributed by atoms with van der Waals surface area (Å²) in [4.78, 5) is 13.9. The molecular weight excluding hydrogens is 258 g/mol. The van der Waals surface area contributed by atoms with E-state index in [1.807, 2.05) is 20.8 Å². The van der Waals surface area contributed by atoms with Crippen LogP contribution in [-0.4, -0.2) is 43.6 Å². The van der Waals surface area contributed by atoms with E-state index in [1.54, 1.807) is 4.90 Å². The molecule has 0 bridgehead atoms. The normalized spacial score (nSPS) is 24.7. The summed E-state index contributed by atoms with van der Waals surface area (Å²) in [7, 11) is -1.61. The summed E-state index contributed by atoms with van der Waals surface area (Å²) in [5.41, 5.74) is -0.602. The lowest BCUT2D eigenvalue weighted by Crippen LogP contribution is -2.45. The second-order valence-corrected chi connectivity index (χ2v) is 11.8. The average Bonchev–Trinajstić information content (AvgIpc) is 2.57. The molecule has 0 spiro atoms. The third kappa shape index (κ3) is 5.14. The number of hydrogen-bond donors (Lipinski definition) is 0. The second kappa shape index (κ2) is 5.44. The zero-order valence-corrected chi connectivity index (χ0v) is 14.5. The molecule has 5 heteroatoms. The number of hydrogen-bond acceptors (Lipinski definition) is 3. The molecule has 1 heterocycles. The van der Waals surface area contributed by atoms with Crippen molar-refractivity contribution < 1.29 is 14.0 Å². The highest BCUT2D eigenvalue weighted by Gasteiger charge is 2.43. The van der Waals surface area contributed by atoms with Crippen LogP contribution in [0.25, 0.3) is 0 Å². The van der Waals surface area contributed by atoms with Crippen LogP contribution >= 0.6 is 0 Å². The Labute approximate surface area is 118 Å². The van der Waals surface area contributed by atoms with Gasteiger partial charge in [-0.15, -0.1) is 0 Å². The summed E-state index contributed by atoms with van der Waals surface area (Å²) in [5.74, 6) is 0. The van der Waals surface area contributed by atoms with E-state index in [4.69, 9.17) is 9.16 Å². The molecule has 1 atom stereocenters. The predicted octanol–water partition coefficient (Wildman–Crippen LogP) is 3.63. The standard InChI is InChI=1S/C14H29NO3Si/c1-8-14(18-19(5,6)7)9-10-15(11-14)12(16)17-13(2,3)4/h8-11H2,1-7H3. The van der Waals surface area contributed by atoms with Crippen LogP contribution in [0.2, 0.25) is 19.6 Å². The predicted molar refractivity (Wildman–Crippen MR) is 79.9 cm³/mol. The number of amides is 1. The second-order valence-electron chi connectivity index (χ2n) is 7.40. The fourth-order valence-electron chi connectivity index (χ4n) is 2.42. The van der Waals surface area contributed by atoms with Crippen molar-refractivity contribution in [3.63, 3.8) is 0 Å². The molecule has 1 rings (SSSR count). The maximum Gasteiger partial charge on any atom is 0.410 e. The van der Waals surface area contributed by atoms with E-state index in [-0.39, 0.29) is 11.7 Å². The molecule has 0 aromatic rings. The fourth-order valence-corrected chi connectivity index (χ4v) is 4.03. The van der Waals surface area contributed by atoms with E-state index in [2.05, 4.69) is 26.6 Å². The van der Waals surface area contributed by atoms with Gasteiger partial charge in [0.05, 0.1) is 12.1 Å². The van der Waals surface area contributed by atoms with Gasteiger partial charge in [0.2, 0.25) is 0 Å².